The van der Waals surface area contributed by atoms with Crippen molar-refractivity contribution in [3.63, 3.8) is 0 Å². The molecule has 0 aromatic heterocycles. The maximum Gasteiger partial charge on any atom is 0.223 e. The van der Waals surface area contributed by atoms with E-state index in [9.17, 15) is 4.79 Å². The lowest BCUT2D eigenvalue weighted by Gasteiger charge is -2.20. The van der Waals surface area contributed by atoms with Gasteiger partial charge in [-0.2, -0.15) is 0 Å². The van der Waals surface area contributed by atoms with Crippen LogP contribution < -0.4 is 20.9 Å². The van der Waals surface area contributed by atoms with E-state index in [1.54, 1.807) is 0 Å². The Labute approximate surface area is 183 Å². The first-order valence-corrected chi connectivity index (χ1v) is 9.86. The number of halogens is 2. The maximum absolute atomic E-state index is 11.6. The Kier molecular flexibility index (Phi) is 8.95. The monoisotopic (exact) mass is 505 g/mol. The van der Waals surface area contributed by atoms with Gasteiger partial charge in [-0.05, 0) is 44.4 Å². The quantitative estimate of drug-likeness (QED) is 0.231. The largest absolute Gasteiger partial charge is 0.369 e. The van der Waals surface area contributed by atoms with Crippen molar-refractivity contribution in [3.8, 4) is 0 Å². The average molecular weight is 506 g/mol. The average Bonchev–Trinajstić information content (AvgIpc) is 3.38. The van der Waals surface area contributed by atoms with Gasteiger partial charge in [0.15, 0.2) is 5.96 Å². The lowest BCUT2D eigenvalue weighted by Crippen LogP contribution is -2.45. The van der Waals surface area contributed by atoms with Crippen LogP contribution in [0.3, 0.4) is 0 Å². The molecule has 2 fully saturated rings. The summed E-state index contributed by atoms with van der Waals surface area (Å²) in [7, 11) is 0. The molecule has 0 spiro atoms. The number of hydrogen-bond acceptors (Lipinski definition) is 3. The van der Waals surface area contributed by atoms with Gasteiger partial charge in [-0.25, -0.2) is 0 Å². The fourth-order valence-electron chi connectivity index (χ4n) is 3.14. The van der Waals surface area contributed by atoms with Gasteiger partial charge in [0, 0.05) is 48.8 Å². The third-order valence-corrected chi connectivity index (χ3v) is 4.91. The summed E-state index contributed by atoms with van der Waals surface area (Å²) < 4.78 is 0. The summed E-state index contributed by atoms with van der Waals surface area (Å²) >= 11 is 6.10. The molecule has 6 nitrogen and oxygen atoms in total. The van der Waals surface area contributed by atoms with Gasteiger partial charge in [0.1, 0.15) is 0 Å². The number of carbonyl (C=O) groups excluding carboxylic acids is 1. The van der Waals surface area contributed by atoms with Gasteiger partial charge in [-0.3, -0.25) is 9.79 Å². The van der Waals surface area contributed by atoms with Gasteiger partial charge in [-0.15, -0.1) is 24.0 Å². The van der Waals surface area contributed by atoms with Crippen LogP contribution in [0, 0.1) is 5.92 Å². The molecule has 1 saturated carbocycles. The molecule has 1 aliphatic carbocycles. The van der Waals surface area contributed by atoms with Crippen molar-refractivity contribution in [1.82, 2.24) is 16.0 Å². The molecule has 2 aliphatic rings. The minimum atomic E-state index is 0. The van der Waals surface area contributed by atoms with Gasteiger partial charge in [-0.1, -0.05) is 17.7 Å². The summed E-state index contributed by atoms with van der Waals surface area (Å²) in [6, 6.07) is 8.32. The van der Waals surface area contributed by atoms with Gasteiger partial charge in [0.25, 0.3) is 0 Å². The van der Waals surface area contributed by atoms with Crippen LogP contribution in [0.25, 0.3) is 0 Å². The van der Waals surface area contributed by atoms with Crippen molar-refractivity contribution in [3.05, 3.63) is 29.3 Å². The van der Waals surface area contributed by atoms with Crippen LogP contribution in [0.15, 0.2) is 29.3 Å². The minimum Gasteiger partial charge on any atom is -0.369 e. The number of anilines is 1. The van der Waals surface area contributed by atoms with E-state index in [2.05, 4.69) is 38.8 Å². The van der Waals surface area contributed by atoms with Crippen molar-refractivity contribution in [2.24, 2.45) is 10.9 Å². The lowest BCUT2D eigenvalue weighted by atomic mass is 10.3. The van der Waals surface area contributed by atoms with Crippen molar-refractivity contribution in [2.45, 2.75) is 32.2 Å². The Morgan fingerprint density at radius 3 is 2.81 bits per heavy atom. The standard InChI is InChI=1S/C19H28ClN5O.HI/c1-2-21-19(23-10-9-22-18(26)14-6-7-14)24-16-8-11-25(13-16)17-5-3-4-15(20)12-17;/h3-5,12,14,16H,2,6-11,13H2,1H3,(H,22,26)(H2,21,23,24);1H. The highest BCUT2D eigenvalue weighted by atomic mass is 127. The van der Waals surface area contributed by atoms with Crippen LogP contribution >= 0.6 is 35.6 Å². The molecule has 8 heteroatoms. The van der Waals surface area contributed by atoms with E-state index in [-0.39, 0.29) is 35.8 Å². The zero-order valence-electron chi connectivity index (χ0n) is 15.7. The first-order chi connectivity index (χ1) is 12.7. The Bertz CT molecular complexity index is 653. The smallest absolute Gasteiger partial charge is 0.223 e. The summed E-state index contributed by atoms with van der Waals surface area (Å²) in [5, 5.41) is 10.5. The second-order valence-electron chi connectivity index (χ2n) is 6.88. The summed E-state index contributed by atoms with van der Waals surface area (Å²) in [5.74, 6) is 1.23. The molecule has 1 aliphatic heterocycles. The van der Waals surface area contributed by atoms with Gasteiger partial charge < -0.3 is 20.9 Å². The predicted molar refractivity (Wildman–Crippen MR) is 122 cm³/mol. The third-order valence-electron chi connectivity index (χ3n) is 4.68. The van der Waals surface area contributed by atoms with Crippen molar-refractivity contribution in [2.75, 3.05) is 37.6 Å². The lowest BCUT2D eigenvalue weighted by molar-refractivity contribution is -0.122. The molecule has 1 atom stereocenters. The normalized spacial score (nSPS) is 19.4. The van der Waals surface area contributed by atoms with Crippen LogP contribution in [-0.2, 0) is 4.79 Å². The highest BCUT2D eigenvalue weighted by Gasteiger charge is 2.29. The van der Waals surface area contributed by atoms with Crippen LogP contribution in [0.2, 0.25) is 5.02 Å². The topological polar surface area (TPSA) is 68.8 Å². The molecule has 1 aromatic rings. The second kappa shape index (κ2) is 10.9. The second-order valence-corrected chi connectivity index (χ2v) is 7.32. The number of nitrogens with one attached hydrogen (secondary N) is 3. The number of carbonyl (C=O) groups is 1. The molecule has 1 saturated heterocycles. The van der Waals surface area contributed by atoms with Crippen LogP contribution in [0.5, 0.6) is 0 Å². The fourth-order valence-corrected chi connectivity index (χ4v) is 3.32. The van der Waals surface area contributed by atoms with E-state index in [0.29, 0.717) is 19.1 Å². The molecule has 0 radical (unpaired) electrons. The molecule has 1 amide bonds. The molecule has 27 heavy (non-hydrogen) atoms. The van der Waals surface area contributed by atoms with Crippen LogP contribution in [0.4, 0.5) is 5.69 Å². The molecule has 3 N–H and O–H groups in total. The number of hydrogen-bond donors (Lipinski definition) is 3. The Morgan fingerprint density at radius 1 is 1.30 bits per heavy atom. The Balaban J connectivity index is 0.00000261. The number of amides is 1. The summed E-state index contributed by atoms with van der Waals surface area (Å²) in [6.45, 7) is 5.95. The van der Waals surface area contributed by atoms with Crippen LogP contribution in [0.1, 0.15) is 26.2 Å². The molecular formula is C19H29ClIN5O. The van der Waals surface area contributed by atoms with E-state index in [1.165, 1.54) is 0 Å². The fraction of sp³-hybridized carbons (Fsp3) is 0.579. The van der Waals surface area contributed by atoms with E-state index in [1.807, 2.05) is 18.2 Å². The third kappa shape index (κ3) is 7.03. The molecule has 1 unspecified atom stereocenters. The highest BCUT2D eigenvalue weighted by molar-refractivity contribution is 14.0. The molecule has 150 valence electrons. The van der Waals surface area contributed by atoms with Crippen molar-refractivity contribution in [1.29, 1.82) is 0 Å². The molecule has 1 heterocycles. The van der Waals surface area contributed by atoms with E-state index in [0.717, 1.165) is 55.6 Å². The first-order valence-electron chi connectivity index (χ1n) is 9.48. The van der Waals surface area contributed by atoms with Crippen LogP contribution in [-0.4, -0.2) is 50.6 Å². The molecule has 0 bridgehead atoms. The first kappa shape index (κ1) is 22.1. The number of nitrogens with zero attached hydrogens (tertiary/aromatic N) is 2. The van der Waals surface area contributed by atoms with Crippen molar-refractivity contribution >= 4 is 53.1 Å². The number of guanidine groups is 1. The predicted octanol–water partition coefficient (Wildman–Crippen LogP) is 2.62. The molecule has 3 rings (SSSR count). The Hall–Kier alpha value is -1.22. The summed E-state index contributed by atoms with van der Waals surface area (Å²) in [4.78, 5) is 18.6. The molecule has 1 aromatic carbocycles. The maximum atomic E-state index is 11.6. The zero-order valence-corrected chi connectivity index (χ0v) is 18.8. The van der Waals surface area contributed by atoms with E-state index in [4.69, 9.17) is 11.6 Å². The zero-order chi connectivity index (χ0) is 18.4. The number of rotatable bonds is 7. The van der Waals surface area contributed by atoms with E-state index < -0.39 is 0 Å². The van der Waals surface area contributed by atoms with Gasteiger partial charge >= 0.3 is 0 Å². The SMILES string of the molecule is CCNC(=NCCNC(=O)C1CC1)NC1CCN(c2cccc(Cl)c2)C1.I. The summed E-state index contributed by atoms with van der Waals surface area (Å²) in [5.41, 5.74) is 1.16. The Morgan fingerprint density at radius 2 is 2.11 bits per heavy atom. The number of benzene rings is 1. The van der Waals surface area contributed by atoms with Crippen molar-refractivity contribution < 1.29 is 4.79 Å². The minimum absolute atomic E-state index is 0. The molecular weight excluding hydrogens is 477 g/mol. The van der Waals surface area contributed by atoms with E-state index >= 15 is 0 Å². The number of aliphatic imine (C=N–C) groups is 1. The van der Waals surface area contributed by atoms with Gasteiger partial charge in [0.05, 0.1) is 6.54 Å². The highest BCUT2D eigenvalue weighted by Crippen LogP contribution is 2.28. The van der Waals surface area contributed by atoms with Gasteiger partial charge in [0.2, 0.25) is 5.91 Å². The summed E-state index contributed by atoms with van der Waals surface area (Å²) in [6.07, 6.45) is 3.11.